The number of halogens is 1. The van der Waals surface area contributed by atoms with Gasteiger partial charge in [0.05, 0.1) is 11.0 Å². The molecule has 0 bridgehead atoms. The zero-order valence-corrected chi connectivity index (χ0v) is 12.0. The zero-order valence-electron chi connectivity index (χ0n) is 9.57. The van der Waals surface area contributed by atoms with Crippen molar-refractivity contribution < 1.29 is 4.79 Å². The number of carbonyl (C=O) groups excluding carboxylic acids is 1. The molecule has 1 amide bonds. The second kappa shape index (κ2) is 4.82. The average molecular weight is 323 g/mol. The summed E-state index contributed by atoms with van der Waals surface area (Å²) in [5.41, 5.74) is 4.26. The highest BCUT2D eigenvalue weighted by Crippen LogP contribution is 2.29. The molecule has 1 N–H and O–H groups in total. The van der Waals surface area contributed by atoms with Crippen molar-refractivity contribution in [3.63, 3.8) is 0 Å². The normalized spacial score (nSPS) is 14.2. The third-order valence-corrected chi connectivity index (χ3v) is 4.71. The first-order chi connectivity index (χ1) is 8.76. The second-order valence-electron chi connectivity index (χ2n) is 4.18. The van der Waals surface area contributed by atoms with Gasteiger partial charge in [-0.15, -0.1) is 11.3 Å². The van der Waals surface area contributed by atoms with E-state index in [4.69, 9.17) is 0 Å². The summed E-state index contributed by atoms with van der Waals surface area (Å²) in [5.74, 6) is 0.102. The number of rotatable bonds is 2. The minimum atomic E-state index is 0.102. The van der Waals surface area contributed by atoms with E-state index in [0.29, 0.717) is 6.42 Å². The number of nitrogens with one attached hydrogen (secondary N) is 1. The van der Waals surface area contributed by atoms with Crippen molar-refractivity contribution in [3.05, 3.63) is 34.2 Å². The molecule has 0 spiro atoms. The molecular weight excluding hydrogens is 312 g/mol. The lowest BCUT2D eigenvalue weighted by Crippen LogP contribution is -2.18. The van der Waals surface area contributed by atoms with Gasteiger partial charge in [0.1, 0.15) is 5.01 Å². The van der Waals surface area contributed by atoms with Gasteiger partial charge >= 0.3 is 0 Å². The predicted molar refractivity (Wildman–Crippen MR) is 77.1 cm³/mol. The molecule has 0 fully saturated rings. The largest absolute Gasteiger partial charge is 0.326 e. The molecular formula is C13H11BrN2OS. The Morgan fingerprint density at radius 3 is 3.06 bits per heavy atom. The van der Waals surface area contributed by atoms with Crippen molar-refractivity contribution in [2.75, 3.05) is 5.32 Å². The quantitative estimate of drug-likeness (QED) is 0.858. The number of benzene rings is 1. The molecule has 0 atom stereocenters. The van der Waals surface area contributed by atoms with Crippen LogP contribution in [0.25, 0.3) is 11.3 Å². The van der Waals surface area contributed by atoms with E-state index >= 15 is 0 Å². The molecule has 0 saturated carbocycles. The van der Waals surface area contributed by atoms with Crippen molar-refractivity contribution in [1.29, 1.82) is 0 Å². The Morgan fingerprint density at radius 2 is 2.28 bits per heavy atom. The standard InChI is InChI=1S/C13H11BrN2OS/c14-6-13-16-11(7-18-13)9-1-3-10-8(5-9)2-4-12(17)15-10/h1,3,5,7H,2,4,6H2,(H,15,17). The maximum Gasteiger partial charge on any atom is 0.224 e. The summed E-state index contributed by atoms with van der Waals surface area (Å²) in [6, 6.07) is 6.11. The summed E-state index contributed by atoms with van der Waals surface area (Å²) in [4.78, 5) is 15.8. The highest BCUT2D eigenvalue weighted by atomic mass is 79.9. The highest BCUT2D eigenvalue weighted by molar-refractivity contribution is 9.08. The smallest absolute Gasteiger partial charge is 0.224 e. The van der Waals surface area contributed by atoms with E-state index in [2.05, 4.69) is 37.7 Å². The number of aryl methyl sites for hydroxylation is 1. The van der Waals surface area contributed by atoms with Crippen molar-refractivity contribution in [1.82, 2.24) is 4.98 Å². The van der Waals surface area contributed by atoms with Crippen molar-refractivity contribution in [2.24, 2.45) is 0 Å². The number of alkyl halides is 1. The van der Waals surface area contributed by atoms with Crippen LogP contribution >= 0.6 is 27.3 Å². The molecule has 3 rings (SSSR count). The van der Waals surface area contributed by atoms with Crippen LogP contribution in [0.3, 0.4) is 0 Å². The van der Waals surface area contributed by atoms with Gasteiger partial charge in [0.2, 0.25) is 5.91 Å². The minimum absolute atomic E-state index is 0.102. The van der Waals surface area contributed by atoms with Gasteiger partial charge in [0, 0.05) is 23.1 Å². The molecule has 1 aliphatic rings. The highest BCUT2D eigenvalue weighted by Gasteiger charge is 2.15. The lowest BCUT2D eigenvalue weighted by atomic mass is 9.99. The molecule has 0 saturated heterocycles. The average Bonchev–Trinajstić information content (AvgIpc) is 2.87. The van der Waals surface area contributed by atoms with Gasteiger partial charge in [-0.3, -0.25) is 4.79 Å². The lowest BCUT2D eigenvalue weighted by molar-refractivity contribution is -0.116. The van der Waals surface area contributed by atoms with Gasteiger partial charge in [-0.2, -0.15) is 0 Å². The van der Waals surface area contributed by atoms with Crippen molar-refractivity contribution in [3.8, 4) is 11.3 Å². The van der Waals surface area contributed by atoms with Crippen LogP contribution in [0.4, 0.5) is 5.69 Å². The number of carbonyl (C=O) groups is 1. The summed E-state index contributed by atoms with van der Waals surface area (Å²) < 4.78 is 0. The Balaban J connectivity index is 1.97. The van der Waals surface area contributed by atoms with Crippen molar-refractivity contribution >= 4 is 38.9 Å². The predicted octanol–water partition coefficient (Wildman–Crippen LogP) is 3.59. The number of amides is 1. The van der Waals surface area contributed by atoms with Crippen LogP contribution in [0.2, 0.25) is 0 Å². The van der Waals surface area contributed by atoms with Crippen LogP contribution in [0.15, 0.2) is 23.6 Å². The second-order valence-corrected chi connectivity index (χ2v) is 5.68. The van der Waals surface area contributed by atoms with Gasteiger partial charge in [-0.1, -0.05) is 22.0 Å². The molecule has 1 aromatic heterocycles. The Kier molecular flexibility index (Phi) is 3.18. The van der Waals surface area contributed by atoms with Gasteiger partial charge < -0.3 is 5.32 Å². The topological polar surface area (TPSA) is 42.0 Å². The van der Waals surface area contributed by atoms with Crippen LogP contribution in [0.5, 0.6) is 0 Å². The molecule has 2 aromatic rings. The van der Waals surface area contributed by atoms with Crippen LogP contribution in [0, 0.1) is 0 Å². The van der Waals surface area contributed by atoms with E-state index in [1.807, 2.05) is 12.1 Å². The third-order valence-electron chi connectivity index (χ3n) is 2.96. The molecule has 0 radical (unpaired) electrons. The van der Waals surface area contributed by atoms with E-state index in [1.165, 1.54) is 5.56 Å². The number of thiazole rings is 1. The Hall–Kier alpha value is -1.20. The molecule has 5 heteroatoms. The number of nitrogens with zero attached hydrogens (tertiary/aromatic N) is 1. The van der Waals surface area contributed by atoms with Gasteiger partial charge in [-0.05, 0) is 24.1 Å². The summed E-state index contributed by atoms with van der Waals surface area (Å²) in [5, 5.41) is 6.83. The number of aromatic nitrogens is 1. The maximum absolute atomic E-state index is 11.3. The van der Waals surface area contributed by atoms with Crippen molar-refractivity contribution in [2.45, 2.75) is 18.2 Å². The SMILES string of the molecule is O=C1CCc2cc(-c3csc(CBr)n3)ccc2N1. The number of hydrogen-bond donors (Lipinski definition) is 1. The van der Waals surface area contributed by atoms with Gasteiger partial charge in [-0.25, -0.2) is 4.98 Å². The Morgan fingerprint density at radius 1 is 1.39 bits per heavy atom. The van der Waals surface area contributed by atoms with Crippen LogP contribution < -0.4 is 5.32 Å². The monoisotopic (exact) mass is 322 g/mol. The number of hydrogen-bond acceptors (Lipinski definition) is 3. The van der Waals surface area contributed by atoms with E-state index in [0.717, 1.165) is 33.7 Å². The molecule has 2 heterocycles. The molecule has 1 aromatic carbocycles. The first kappa shape index (κ1) is 11.9. The van der Waals surface area contributed by atoms with Gasteiger partial charge in [0.15, 0.2) is 0 Å². The molecule has 0 aliphatic carbocycles. The first-order valence-corrected chi connectivity index (χ1v) is 7.70. The Labute approximate surface area is 117 Å². The van der Waals surface area contributed by atoms with E-state index < -0.39 is 0 Å². The number of fused-ring (bicyclic) bond motifs is 1. The fraction of sp³-hybridized carbons (Fsp3) is 0.231. The fourth-order valence-electron chi connectivity index (χ4n) is 2.05. The Bertz CT molecular complexity index is 609. The summed E-state index contributed by atoms with van der Waals surface area (Å²) in [7, 11) is 0. The van der Waals surface area contributed by atoms with Crippen LogP contribution in [0.1, 0.15) is 17.0 Å². The summed E-state index contributed by atoms with van der Waals surface area (Å²) in [6.07, 6.45) is 1.38. The minimum Gasteiger partial charge on any atom is -0.326 e. The fourth-order valence-corrected chi connectivity index (χ4v) is 3.22. The van der Waals surface area contributed by atoms with Crippen LogP contribution in [-0.4, -0.2) is 10.9 Å². The van der Waals surface area contributed by atoms with E-state index in [9.17, 15) is 4.79 Å². The third kappa shape index (κ3) is 2.20. The number of anilines is 1. The molecule has 18 heavy (non-hydrogen) atoms. The molecule has 1 aliphatic heterocycles. The molecule has 92 valence electrons. The molecule has 3 nitrogen and oxygen atoms in total. The van der Waals surface area contributed by atoms with Gasteiger partial charge in [0.25, 0.3) is 0 Å². The van der Waals surface area contributed by atoms with Crippen LogP contribution in [-0.2, 0) is 16.5 Å². The zero-order chi connectivity index (χ0) is 12.5. The van der Waals surface area contributed by atoms with E-state index in [1.54, 1.807) is 11.3 Å². The first-order valence-electron chi connectivity index (χ1n) is 5.70. The maximum atomic E-state index is 11.3. The summed E-state index contributed by atoms with van der Waals surface area (Å²) in [6.45, 7) is 0. The lowest BCUT2D eigenvalue weighted by Gasteiger charge is -2.17. The molecule has 0 unspecified atom stereocenters. The van der Waals surface area contributed by atoms with E-state index in [-0.39, 0.29) is 5.91 Å². The summed E-state index contributed by atoms with van der Waals surface area (Å²) >= 11 is 5.06.